The average Bonchev–Trinajstić information content (AvgIpc) is 2.84. The van der Waals surface area contributed by atoms with Gasteiger partial charge in [0.1, 0.15) is 0 Å². The van der Waals surface area contributed by atoms with Crippen LogP contribution in [0, 0.1) is 5.92 Å². The van der Waals surface area contributed by atoms with Gasteiger partial charge in [-0.1, -0.05) is 0 Å². The van der Waals surface area contributed by atoms with E-state index in [-0.39, 0.29) is 23.8 Å². The first-order chi connectivity index (χ1) is 7.85. The molecule has 2 rings (SSSR count). The lowest BCUT2D eigenvalue weighted by molar-refractivity contribution is 0.451. The van der Waals surface area contributed by atoms with Gasteiger partial charge in [-0.2, -0.15) is 0 Å². The normalized spacial score (nSPS) is 34.2. The topological polar surface area (TPSA) is 97.5 Å². The SMILES string of the molecule is NCC1CCN(S(=O)(=O)C2CCS(=O)(=O)C2)C1. The largest absolute Gasteiger partial charge is 0.330 e. The van der Waals surface area contributed by atoms with Gasteiger partial charge >= 0.3 is 0 Å². The van der Waals surface area contributed by atoms with Gasteiger partial charge in [-0.15, -0.1) is 0 Å². The summed E-state index contributed by atoms with van der Waals surface area (Å²) in [6.45, 7) is 1.39. The number of nitrogens with two attached hydrogens (primary N) is 1. The third-order valence-electron chi connectivity index (χ3n) is 3.55. The molecule has 0 aromatic carbocycles. The van der Waals surface area contributed by atoms with Crippen LogP contribution in [-0.4, -0.2) is 57.5 Å². The lowest BCUT2D eigenvalue weighted by atomic mass is 10.1. The van der Waals surface area contributed by atoms with Crippen molar-refractivity contribution >= 4 is 19.9 Å². The van der Waals surface area contributed by atoms with Crippen LogP contribution < -0.4 is 5.73 Å². The third kappa shape index (κ3) is 2.64. The molecule has 8 heteroatoms. The Balaban J connectivity index is 2.10. The van der Waals surface area contributed by atoms with Crippen LogP contribution in [0.25, 0.3) is 0 Å². The van der Waals surface area contributed by atoms with Gasteiger partial charge in [0.25, 0.3) is 0 Å². The molecule has 2 atom stereocenters. The minimum Gasteiger partial charge on any atom is -0.330 e. The van der Waals surface area contributed by atoms with Crippen molar-refractivity contribution in [2.24, 2.45) is 11.7 Å². The second kappa shape index (κ2) is 4.49. The van der Waals surface area contributed by atoms with Crippen LogP contribution in [0.15, 0.2) is 0 Å². The summed E-state index contributed by atoms with van der Waals surface area (Å²) in [6, 6.07) is 0. The Morgan fingerprint density at radius 1 is 1.29 bits per heavy atom. The zero-order valence-electron chi connectivity index (χ0n) is 9.58. The lowest BCUT2D eigenvalue weighted by Gasteiger charge is -2.20. The zero-order valence-corrected chi connectivity index (χ0v) is 11.2. The number of nitrogens with zero attached hydrogens (tertiary/aromatic N) is 1. The van der Waals surface area contributed by atoms with Crippen molar-refractivity contribution in [3.63, 3.8) is 0 Å². The predicted octanol–water partition coefficient (Wildman–Crippen LogP) is -1.22. The highest BCUT2D eigenvalue weighted by molar-refractivity contribution is 7.95. The molecular formula is C9H18N2O4S2. The minimum atomic E-state index is -3.45. The molecule has 0 aromatic rings. The standard InChI is InChI=1S/C9H18N2O4S2/c10-5-8-1-3-11(6-8)17(14,15)9-2-4-16(12,13)7-9/h8-9H,1-7,10H2. The van der Waals surface area contributed by atoms with Crippen LogP contribution >= 0.6 is 0 Å². The Morgan fingerprint density at radius 3 is 2.47 bits per heavy atom. The van der Waals surface area contributed by atoms with E-state index in [1.807, 2.05) is 0 Å². The molecule has 6 nitrogen and oxygen atoms in total. The molecule has 0 bridgehead atoms. The van der Waals surface area contributed by atoms with E-state index in [1.54, 1.807) is 0 Å². The molecular weight excluding hydrogens is 264 g/mol. The fourth-order valence-electron chi connectivity index (χ4n) is 2.43. The molecule has 0 saturated carbocycles. The van der Waals surface area contributed by atoms with Crippen LogP contribution in [0.1, 0.15) is 12.8 Å². The van der Waals surface area contributed by atoms with E-state index >= 15 is 0 Å². The van der Waals surface area contributed by atoms with E-state index < -0.39 is 25.1 Å². The van der Waals surface area contributed by atoms with Crippen molar-refractivity contribution in [1.82, 2.24) is 4.31 Å². The Morgan fingerprint density at radius 2 is 2.00 bits per heavy atom. The van der Waals surface area contributed by atoms with E-state index in [0.29, 0.717) is 19.6 Å². The van der Waals surface area contributed by atoms with Crippen molar-refractivity contribution < 1.29 is 16.8 Å². The Kier molecular flexibility index (Phi) is 3.50. The monoisotopic (exact) mass is 282 g/mol. The van der Waals surface area contributed by atoms with Crippen molar-refractivity contribution in [3.8, 4) is 0 Å². The maximum Gasteiger partial charge on any atom is 0.218 e. The molecule has 2 aliphatic rings. The van der Waals surface area contributed by atoms with E-state index in [4.69, 9.17) is 5.73 Å². The van der Waals surface area contributed by atoms with Gasteiger partial charge in [0.05, 0.1) is 16.8 Å². The van der Waals surface area contributed by atoms with Gasteiger partial charge in [-0.25, -0.2) is 21.1 Å². The van der Waals surface area contributed by atoms with E-state index in [2.05, 4.69) is 0 Å². The average molecular weight is 282 g/mol. The molecule has 2 N–H and O–H groups in total. The fraction of sp³-hybridized carbons (Fsp3) is 1.00. The van der Waals surface area contributed by atoms with Crippen LogP contribution in [0.5, 0.6) is 0 Å². The molecule has 2 fully saturated rings. The summed E-state index contributed by atoms with van der Waals surface area (Å²) in [6.07, 6.45) is 1.00. The molecule has 0 radical (unpaired) electrons. The summed E-state index contributed by atoms with van der Waals surface area (Å²) in [4.78, 5) is 0. The van der Waals surface area contributed by atoms with E-state index in [9.17, 15) is 16.8 Å². The highest BCUT2D eigenvalue weighted by Crippen LogP contribution is 2.26. The van der Waals surface area contributed by atoms with E-state index in [0.717, 1.165) is 6.42 Å². The van der Waals surface area contributed by atoms with Gasteiger partial charge < -0.3 is 5.73 Å². The molecule has 0 spiro atoms. The lowest BCUT2D eigenvalue weighted by Crippen LogP contribution is -2.38. The zero-order chi connectivity index (χ0) is 12.7. The number of sulfonamides is 1. The van der Waals surface area contributed by atoms with Crippen LogP contribution in [-0.2, 0) is 19.9 Å². The van der Waals surface area contributed by atoms with Gasteiger partial charge in [0.15, 0.2) is 9.84 Å². The van der Waals surface area contributed by atoms with Crippen LogP contribution in [0.4, 0.5) is 0 Å². The summed E-state index contributed by atoms with van der Waals surface area (Å²) in [5, 5.41) is -0.746. The highest BCUT2D eigenvalue weighted by atomic mass is 32.2. The number of rotatable bonds is 3. The molecule has 100 valence electrons. The van der Waals surface area contributed by atoms with Gasteiger partial charge in [-0.3, -0.25) is 0 Å². The van der Waals surface area contributed by atoms with Crippen molar-refractivity contribution in [3.05, 3.63) is 0 Å². The molecule has 2 aliphatic heterocycles. The Labute approximate surface area is 102 Å². The number of hydrogen-bond donors (Lipinski definition) is 1. The molecule has 2 heterocycles. The van der Waals surface area contributed by atoms with Crippen LogP contribution in [0.3, 0.4) is 0 Å². The molecule has 17 heavy (non-hydrogen) atoms. The second-order valence-electron chi connectivity index (χ2n) is 4.82. The molecule has 0 aliphatic carbocycles. The molecule has 0 amide bonds. The summed E-state index contributed by atoms with van der Waals surface area (Å²) < 4.78 is 48.5. The molecule has 0 aromatic heterocycles. The van der Waals surface area contributed by atoms with Crippen molar-refractivity contribution in [2.75, 3.05) is 31.1 Å². The van der Waals surface area contributed by atoms with Gasteiger partial charge in [0, 0.05) is 13.1 Å². The predicted molar refractivity (Wildman–Crippen MR) is 64.7 cm³/mol. The number of sulfone groups is 1. The van der Waals surface area contributed by atoms with E-state index in [1.165, 1.54) is 4.31 Å². The van der Waals surface area contributed by atoms with Crippen LogP contribution in [0.2, 0.25) is 0 Å². The minimum absolute atomic E-state index is 0.00887. The Bertz CT molecular complexity index is 485. The highest BCUT2D eigenvalue weighted by Gasteiger charge is 2.42. The quantitative estimate of drug-likeness (QED) is 0.700. The second-order valence-corrected chi connectivity index (χ2v) is 9.26. The summed E-state index contributed by atoms with van der Waals surface area (Å²) in [5.41, 5.74) is 5.52. The molecule has 2 unspecified atom stereocenters. The third-order valence-corrected chi connectivity index (χ3v) is 7.83. The van der Waals surface area contributed by atoms with Gasteiger partial charge in [-0.05, 0) is 25.3 Å². The first kappa shape index (κ1) is 13.3. The summed E-state index contributed by atoms with van der Waals surface area (Å²) >= 11 is 0. The van der Waals surface area contributed by atoms with Crippen molar-refractivity contribution in [1.29, 1.82) is 0 Å². The Hall–Kier alpha value is -0.180. The van der Waals surface area contributed by atoms with Crippen molar-refractivity contribution in [2.45, 2.75) is 18.1 Å². The fourth-order valence-corrected chi connectivity index (χ4v) is 7.05. The maximum absolute atomic E-state index is 12.2. The smallest absolute Gasteiger partial charge is 0.218 e. The van der Waals surface area contributed by atoms with Gasteiger partial charge in [0.2, 0.25) is 10.0 Å². The first-order valence-electron chi connectivity index (χ1n) is 5.74. The maximum atomic E-state index is 12.2. The molecule has 2 saturated heterocycles. The summed E-state index contributed by atoms with van der Waals surface area (Å²) in [7, 11) is -6.61. The number of hydrogen-bond acceptors (Lipinski definition) is 5. The summed E-state index contributed by atoms with van der Waals surface area (Å²) in [5.74, 6) is -0.0211. The first-order valence-corrected chi connectivity index (χ1v) is 9.07.